The Morgan fingerprint density at radius 2 is 2.21 bits per heavy atom. The lowest BCUT2D eigenvalue weighted by Crippen LogP contribution is -2.02. The van der Waals surface area contributed by atoms with E-state index in [1.165, 1.54) is 10.7 Å². The van der Waals surface area contributed by atoms with Crippen molar-refractivity contribution in [3.8, 4) is 5.69 Å². The summed E-state index contributed by atoms with van der Waals surface area (Å²) in [5.41, 5.74) is 1.16. The van der Waals surface area contributed by atoms with Crippen molar-refractivity contribution in [2.24, 2.45) is 0 Å². The van der Waals surface area contributed by atoms with Crippen LogP contribution < -0.4 is 0 Å². The van der Waals surface area contributed by atoms with Gasteiger partial charge in [0.1, 0.15) is 11.5 Å². The maximum Gasteiger partial charge on any atom is 0.149 e. The van der Waals surface area contributed by atoms with E-state index in [0.29, 0.717) is 5.69 Å². The molecule has 0 bridgehead atoms. The van der Waals surface area contributed by atoms with Gasteiger partial charge in [0.15, 0.2) is 0 Å². The van der Waals surface area contributed by atoms with Gasteiger partial charge < -0.3 is 0 Å². The quantitative estimate of drug-likeness (QED) is 0.697. The van der Waals surface area contributed by atoms with Gasteiger partial charge in [-0.05, 0) is 17.7 Å². The van der Waals surface area contributed by atoms with Crippen molar-refractivity contribution < 1.29 is 4.39 Å². The number of rotatable bonds is 2. The molecule has 0 unspecified atom stereocenters. The van der Waals surface area contributed by atoms with E-state index in [1.807, 2.05) is 0 Å². The van der Waals surface area contributed by atoms with Crippen LogP contribution in [0.1, 0.15) is 5.56 Å². The highest BCUT2D eigenvalue weighted by Crippen LogP contribution is 2.19. The van der Waals surface area contributed by atoms with Gasteiger partial charge in [-0.1, -0.05) is 12.1 Å². The summed E-state index contributed by atoms with van der Waals surface area (Å²) in [5, 5.41) is 3.97. The molecule has 1 aromatic heterocycles. The predicted octanol–water partition coefficient (Wildman–Crippen LogP) is 2.75. The molecular weight excluding hydrogens is 203 g/mol. The molecular formula is C10H8ClFN2. The fourth-order valence-corrected chi connectivity index (χ4v) is 1.54. The van der Waals surface area contributed by atoms with Gasteiger partial charge in [-0.25, -0.2) is 9.07 Å². The van der Waals surface area contributed by atoms with E-state index >= 15 is 0 Å². The topological polar surface area (TPSA) is 17.8 Å². The van der Waals surface area contributed by atoms with Gasteiger partial charge in [0.25, 0.3) is 0 Å². The van der Waals surface area contributed by atoms with Crippen molar-refractivity contribution in [3.05, 3.63) is 48.0 Å². The third-order valence-electron chi connectivity index (χ3n) is 1.95. The molecule has 0 aliphatic heterocycles. The van der Waals surface area contributed by atoms with Gasteiger partial charge in [0.05, 0.1) is 0 Å². The van der Waals surface area contributed by atoms with Crippen LogP contribution in [-0.4, -0.2) is 9.78 Å². The third-order valence-corrected chi connectivity index (χ3v) is 2.24. The van der Waals surface area contributed by atoms with E-state index in [1.54, 1.807) is 30.6 Å². The van der Waals surface area contributed by atoms with Crippen molar-refractivity contribution in [3.63, 3.8) is 0 Å². The highest BCUT2D eigenvalue weighted by molar-refractivity contribution is 6.17. The van der Waals surface area contributed by atoms with Crippen LogP contribution in [-0.2, 0) is 5.88 Å². The number of halogens is 2. The summed E-state index contributed by atoms with van der Waals surface area (Å²) in [6.45, 7) is 0. The molecule has 14 heavy (non-hydrogen) atoms. The van der Waals surface area contributed by atoms with E-state index in [-0.39, 0.29) is 11.7 Å². The Kier molecular flexibility index (Phi) is 2.50. The van der Waals surface area contributed by atoms with Crippen LogP contribution in [0.25, 0.3) is 5.69 Å². The van der Waals surface area contributed by atoms with Crippen LogP contribution in [0.4, 0.5) is 4.39 Å². The van der Waals surface area contributed by atoms with Crippen molar-refractivity contribution in [1.29, 1.82) is 0 Å². The largest absolute Gasteiger partial charge is 0.238 e. The van der Waals surface area contributed by atoms with Gasteiger partial charge in [-0.3, -0.25) is 0 Å². The van der Waals surface area contributed by atoms with E-state index in [9.17, 15) is 4.39 Å². The Balaban J connectivity index is 2.61. The standard InChI is InChI=1S/C10H8ClFN2/c11-7-8-3-1-4-9(12)10(8)14-6-2-5-13-14/h1-6H,7H2. The molecule has 0 aliphatic rings. The summed E-state index contributed by atoms with van der Waals surface area (Å²) in [6, 6.07) is 6.56. The summed E-state index contributed by atoms with van der Waals surface area (Å²) >= 11 is 5.71. The van der Waals surface area contributed by atoms with Crippen LogP contribution >= 0.6 is 11.6 Å². The van der Waals surface area contributed by atoms with Crippen LogP contribution in [0.2, 0.25) is 0 Å². The molecule has 2 rings (SSSR count). The molecule has 0 radical (unpaired) electrons. The average Bonchev–Trinajstić information content (AvgIpc) is 2.70. The van der Waals surface area contributed by atoms with Crippen molar-refractivity contribution >= 4 is 11.6 Å². The molecule has 0 saturated carbocycles. The summed E-state index contributed by atoms with van der Waals surface area (Å²) in [4.78, 5) is 0. The first-order valence-electron chi connectivity index (χ1n) is 4.16. The number of nitrogens with zero attached hydrogens (tertiary/aromatic N) is 2. The molecule has 1 aromatic carbocycles. The van der Waals surface area contributed by atoms with Crippen molar-refractivity contribution in [2.45, 2.75) is 5.88 Å². The molecule has 0 aliphatic carbocycles. The average molecular weight is 211 g/mol. The number of hydrogen-bond acceptors (Lipinski definition) is 1. The summed E-state index contributed by atoms with van der Waals surface area (Å²) < 4.78 is 15.0. The van der Waals surface area contributed by atoms with E-state index in [4.69, 9.17) is 11.6 Å². The van der Waals surface area contributed by atoms with Gasteiger partial charge in [-0.2, -0.15) is 5.10 Å². The normalized spacial score (nSPS) is 10.4. The number of benzene rings is 1. The summed E-state index contributed by atoms with van der Waals surface area (Å²) in [7, 11) is 0. The molecule has 0 atom stereocenters. The van der Waals surface area contributed by atoms with Gasteiger partial charge in [0.2, 0.25) is 0 Å². The number of hydrogen-bond donors (Lipinski definition) is 0. The molecule has 4 heteroatoms. The zero-order chi connectivity index (χ0) is 9.97. The van der Waals surface area contributed by atoms with Gasteiger partial charge in [-0.15, -0.1) is 11.6 Å². The molecule has 0 N–H and O–H groups in total. The van der Waals surface area contributed by atoms with E-state index in [0.717, 1.165) is 5.56 Å². The number of aromatic nitrogens is 2. The van der Waals surface area contributed by atoms with Crippen LogP contribution in [0.5, 0.6) is 0 Å². The second-order valence-corrected chi connectivity index (χ2v) is 3.10. The first-order chi connectivity index (χ1) is 6.83. The zero-order valence-electron chi connectivity index (χ0n) is 7.32. The second-order valence-electron chi connectivity index (χ2n) is 2.83. The lowest BCUT2D eigenvalue weighted by atomic mass is 10.2. The van der Waals surface area contributed by atoms with E-state index < -0.39 is 0 Å². The van der Waals surface area contributed by atoms with Crippen LogP contribution in [0.15, 0.2) is 36.7 Å². The predicted molar refractivity (Wildman–Crippen MR) is 53.1 cm³/mol. The monoisotopic (exact) mass is 210 g/mol. The Morgan fingerprint density at radius 3 is 2.86 bits per heavy atom. The molecule has 0 spiro atoms. The van der Waals surface area contributed by atoms with E-state index in [2.05, 4.69) is 5.10 Å². The first-order valence-corrected chi connectivity index (χ1v) is 4.70. The molecule has 2 aromatic rings. The van der Waals surface area contributed by atoms with Crippen molar-refractivity contribution in [1.82, 2.24) is 9.78 Å². The lowest BCUT2D eigenvalue weighted by molar-refractivity contribution is 0.608. The third kappa shape index (κ3) is 1.51. The minimum atomic E-state index is -0.313. The molecule has 0 saturated heterocycles. The molecule has 2 nitrogen and oxygen atoms in total. The second kappa shape index (κ2) is 3.80. The zero-order valence-corrected chi connectivity index (χ0v) is 8.08. The SMILES string of the molecule is Fc1cccc(CCl)c1-n1cccn1. The molecule has 0 amide bonds. The molecule has 72 valence electrons. The minimum absolute atomic E-state index is 0.271. The maximum absolute atomic E-state index is 13.5. The Bertz CT molecular complexity index is 426. The summed E-state index contributed by atoms with van der Waals surface area (Å²) in [5.74, 6) is -0.0423. The molecule has 0 fully saturated rings. The Labute approximate surface area is 85.9 Å². The fraction of sp³-hybridized carbons (Fsp3) is 0.100. The first kappa shape index (κ1) is 9.21. The van der Waals surface area contributed by atoms with Crippen LogP contribution in [0.3, 0.4) is 0 Å². The minimum Gasteiger partial charge on any atom is -0.238 e. The van der Waals surface area contributed by atoms with Gasteiger partial charge >= 0.3 is 0 Å². The van der Waals surface area contributed by atoms with Crippen LogP contribution in [0, 0.1) is 5.82 Å². The number of para-hydroxylation sites is 1. The maximum atomic E-state index is 13.5. The van der Waals surface area contributed by atoms with Crippen molar-refractivity contribution in [2.75, 3.05) is 0 Å². The Morgan fingerprint density at radius 1 is 1.36 bits per heavy atom. The smallest absolute Gasteiger partial charge is 0.149 e. The Hall–Kier alpha value is -1.35. The lowest BCUT2D eigenvalue weighted by Gasteiger charge is -2.07. The number of alkyl halides is 1. The van der Waals surface area contributed by atoms with Gasteiger partial charge in [0, 0.05) is 18.3 Å². The highest BCUT2D eigenvalue weighted by atomic mass is 35.5. The highest BCUT2D eigenvalue weighted by Gasteiger charge is 2.09. The fourth-order valence-electron chi connectivity index (χ4n) is 1.33. The molecule has 1 heterocycles. The summed E-state index contributed by atoms with van der Waals surface area (Å²) in [6.07, 6.45) is 3.29.